The molecule has 0 atom stereocenters. The molecule has 162 valence electrons. The lowest BCUT2D eigenvalue weighted by Gasteiger charge is -2.37. The van der Waals surface area contributed by atoms with E-state index in [1.54, 1.807) is 37.7 Å². The number of anilines is 1. The molecule has 1 aromatic carbocycles. The number of hydrogen-bond donors (Lipinski definition) is 2. The molecule has 8 nitrogen and oxygen atoms in total. The third-order valence-corrected chi connectivity index (χ3v) is 4.72. The molecule has 1 fully saturated rings. The molecule has 3 rings (SSSR count). The molecule has 9 heteroatoms. The van der Waals surface area contributed by atoms with E-state index in [0.29, 0.717) is 24.4 Å². The Morgan fingerprint density at radius 3 is 2.57 bits per heavy atom. The van der Waals surface area contributed by atoms with Crippen LogP contribution >= 0.6 is 0 Å². The van der Waals surface area contributed by atoms with Gasteiger partial charge < -0.3 is 20.1 Å². The summed E-state index contributed by atoms with van der Waals surface area (Å²) in [6.07, 6.45) is 4.50. The van der Waals surface area contributed by atoms with Crippen molar-refractivity contribution < 1.29 is 18.7 Å². The maximum atomic E-state index is 14.7. The van der Waals surface area contributed by atoms with E-state index < -0.39 is 11.8 Å². The average Bonchev–Trinajstić information content (AvgIpc) is 2.66. The first-order chi connectivity index (χ1) is 14.0. The summed E-state index contributed by atoms with van der Waals surface area (Å²) in [5.41, 5.74) is 6.88. The summed E-state index contributed by atoms with van der Waals surface area (Å²) in [6.45, 7) is 1.37. The number of nitrogens with one attached hydrogen (secondary N) is 1. The van der Waals surface area contributed by atoms with Crippen LogP contribution < -0.4 is 10.6 Å². The van der Waals surface area contributed by atoms with Gasteiger partial charge in [0.25, 0.3) is 0 Å². The SMILES string of the molecule is C.COC1CN(c2ncc(CCc3cccc(COC(=O)CC(=N)N)c3F)cn2)C1. The third kappa shape index (κ3) is 5.96. The van der Waals surface area contributed by atoms with E-state index in [2.05, 4.69) is 9.97 Å². The Hall–Kier alpha value is -3.07. The molecule has 0 bridgehead atoms. The molecular formula is C21H28FN5O3. The zero-order valence-corrected chi connectivity index (χ0v) is 16.2. The van der Waals surface area contributed by atoms with Crippen molar-refractivity contribution in [2.45, 2.75) is 39.4 Å². The third-order valence-electron chi connectivity index (χ3n) is 4.72. The fraction of sp³-hybridized carbons (Fsp3) is 0.429. The number of rotatable bonds is 9. The van der Waals surface area contributed by atoms with E-state index in [-0.39, 0.29) is 38.0 Å². The molecule has 3 N–H and O–H groups in total. The number of benzene rings is 1. The Morgan fingerprint density at radius 2 is 1.93 bits per heavy atom. The van der Waals surface area contributed by atoms with Gasteiger partial charge in [-0.15, -0.1) is 0 Å². The van der Waals surface area contributed by atoms with Crippen LogP contribution in [-0.2, 0) is 33.7 Å². The first kappa shape index (κ1) is 23.2. The number of halogens is 1. The van der Waals surface area contributed by atoms with Crippen molar-refractivity contribution in [3.05, 3.63) is 53.1 Å². The van der Waals surface area contributed by atoms with Crippen LogP contribution in [0.25, 0.3) is 0 Å². The Bertz CT molecular complexity index is 869. The average molecular weight is 417 g/mol. The summed E-state index contributed by atoms with van der Waals surface area (Å²) < 4.78 is 24.9. The first-order valence-electron chi connectivity index (χ1n) is 9.29. The number of hydrogen-bond acceptors (Lipinski definition) is 7. The van der Waals surface area contributed by atoms with Crippen LogP contribution in [0, 0.1) is 11.2 Å². The van der Waals surface area contributed by atoms with Gasteiger partial charge in [0.1, 0.15) is 24.7 Å². The highest BCUT2D eigenvalue weighted by atomic mass is 19.1. The van der Waals surface area contributed by atoms with Gasteiger partial charge in [-0.1, -0.05) is 25.6 Å². The van der Waals surface area contributed by atoms with Crippen molar-refractivity contribution in [3.8, 4) is 0 Å². The van der Waals surface area contributed by atoms with E-state index in [9.17, 15) is 9.18 Å². The molecular weight excluding hydrogens is 389 g/mol. The van der Waals surface area contributed by atoms with Gasteiger partial charge in [0.2, 0.25) is 5.95 Å². The number of carbonyl (C=O) groups is 1. The van der Waals surface area contributed by atoms with Crippen LogP contribution in [0.1, 0.15) is 30.5 Å². The Morgan fingerprint density at radius 1 is 1.27 bits per heavy atom. The molecule has 30 heavy (non-hydrogen) atoms. The van der Waals surface area contributed by atoms with Crippen molar-refractivity contribution in [2.75, 3.05) is 25.1 Å². The zero-order chi connectivity index (χ0) is 20.8. The van der Waals surface area contributed by atoms with Crippen LogP contribution in [-0.4, -0.2) is 48.1 Å². The topological polar surface area (TPSA) is 114 Å². The first-order valence-corrected chi connectivity index (χ1v) is 9.29. The van der Waals surface area contributed by atoms with Gasteiger partial charge in [0.15, 0.2) is 0 Å². The molecule has 1 aliphatic rings. The summed E-state index contributed by atoms with van der Waals surface area (Å²) in [5.74, 6) is -0.668. The number of nitrogens with two attached hydrogens (primary N) is 1. The summed E-state index contributed by atoms with van der Waals surface area (Å²) in [5, 5.41) is 7.07. The maximum absolute atomic E-state index is 14.7. The Balaban J connectivity index is 0.00000320. The fourth-order valence-electron chi connectivity index (χ4n) is 2.97. The Kier molecular flexibility index (Phi) is 8.23. The molecule has 0 radical (unpaired) electrons. The second-order valence-electron chi connectivity index (χ2n) is 6.91. The molecule has 1 aromatic heterocycles. The van der Waals surface area contributed by atoms with Crippen molar-refractivity contribution >= 4 is 17.8 Å². The van der Waals surface area contributed by atoms with E-state index >= 15 is 0 Å². The summed E-state index contributed by atoms with van der Waals surface area (Å²) in [6, 6.07) is 5.00. The molecule has 0 amide bonds. The minimum atomic E-state index is -0.654. The molecule has 1 aliphatic heterocycles. The molecule has 0 aliphatic carbocycles. The van der Waals surface area contributed by atoms with Crippen LogP contribution in [0.2, 0.25) is 0 Å². The highest BCUT2D eigenvalue weighted by Crippen LogP contribution is 2.19. The van der Waals surface area contributed by atoms with Crippen molar-refractivity contribution in [1.82, 2.24) is 9.97 Å². The summed E-state index contributed by atoms with van der Waals surface area (Å²) in [4.78, 5) is 22.3. The smallest absolute Gasteiger partial charge is 0.313 e. The quantitative estimate of drug-likeness (QED) is 0.365. The maximum Gasteiger partial charge on any atom is 0.313 e. The summed E-state index contributed by atoms with van der Waals surface area (Å²) >= 11 is 0. The molecule has 0 unspecified atom stereocenters. The normalized spacial score (nSPS) is 13.3. The molecule has 0 spiro atoms. The second kappa shape index (κ2) is 10.6. The van der Waals surface area contributed by atoms with Gasteiger partial charge in [-0.05, 0) is 24.0 Å². The lowest BCUT2D eigenvalue weighted by molar-refractivity contribution is -0.143. The van der Waals surface area contributed by atoms with Gasteiger partial charge in [0.05, 0.1) is 6.10 Å². The highest BCUT2D eigenvalue weighted by molar-refractivity contribution is 5.94. The fourth-order valence-corrected chi connectivity index (χ4v) is 2.97. The van der Waals surface area contributed by atoms with Gasteiger partial charge >= 0.3 is 5.97 Å². The van der Waals surface area contributed by atoms with Gasteiger partial charge in [-0.2, -0.15) is 0 Å². The van der Waals surface area contributed by atoms with Crippen LogP contribution in [0.3, 0.4) is 0 Å². The van der Waals surface area contributed by atoms with Crippen molar-refractivity contribution in [2.24, 2.45) is 5.73 Å². The lowest BCUT2D eigenvalue weighted by atomic mass is 10.0. The predicted molar refractivity (Wildman–Crippen MR) is 112 cm³/mol. The second-order valence-corrected chi connectivity index (χ2v) is 6.91. The number of nitrogens with zero attached hydrogens (tertiary/aromatic N) is 3. The van der Waals surface area contributed by atoms with Crippen molar-refractivity contribution in [1.29, 1.82) is 5.41 Å². The molecule has 2 aromatic rings. The molecule has 1 saturated heterocycles. The number of ether oxygens (including phenoxy) is 2. The number of esters is 1. The van der Waals surface area contributed by atoms with E-state index in [1.807, 2.05) is 4.90 Å². The minimum absolute atomic E-state index is 0. The van der Waals surface area contributed by atoms with E-state index in [0.717, 1.165) is 18.7 Å². The standard InChI is InChI=1S/C20H24FN5O3.CH4/c1-28-16-10-26(11-16)20-24-8-13(9-25-20)5-6-14-3-2-4-15(19(14)21)12-29-18(27)7-17(22)23;/h2-4,8-9,16H,5-7,10-12H2,1H3,(H3,22,23);1H4. The largest absolute Gasteiger partial charge is 0.460 e. The van der Waals surface area contributed by atoms with E-state index in [1.165, 1.54) is 0 Å². The number of carbonyl (C=O) groups excluding carboxylic acids is 1. The molecule has 0 saturated carbocycles. The lowest BCUT2D eigenvalue weighted by Crippen LogP contribution is -2.52. The predicted octanol–water partition coefficient (Wildman–Crippen LogP) is 2.24. The van der Waals surface area contributed by atoms with Gasteiger partial charge in [0, 0.05) is 38.2 Å². The van der Waals surface area contributed by atoms with Gasteiger partial charge in [-0.3, -0.25) is 10.2 Å². The minimum Gasteiger partial charge on any atom is -0.460 e. The molecule has 2 heterocycles. The van der Waals surface area contributed by atoms with Crippen LogP contribution in [0.4, 0.5) is 10.3 Å². The van der Waals surface area contributed by atoms with Crippen LogP contribution in [0.5, 0.6) is 0 Å². The zero-order valence-electron chi connectivity index (χ0n) is 16.2. The summed E-state index contributed by atoms with van der Waals surface area (Å²) in [7, 11) is 1.69. The van der Waals surface area contributed by atoms with Crippen molar-refractivity contribution in [3.63, 3.8) is 0 Å². The Labute approximate surface area is 175 Å². The van der Waals surface area contributed by atoms with E-state index in [4.69, 9.17) is 20.6 Å². The monoisotopic (exact) mass is 417 g/mol. The number of aromatic nitrogens is 2. The van der Waals surface area contributed by atoms with Gasteiger partial charge in [-0.25, -0.2) is 14.4 Å². The number of amidine groups is 1. The number of aryl methyl sites for hydroxylation is 2. The highest BCUT2D eigenvalue weighted by Gasteiger charge is 2.28. The van der Waals surface area contributed by atoms with Crippen LogP contribution in [0.15, 0.2) is 30.6 Å². The number of methoxy groups -OCH3 is 1.